The van der Waals surface area contributed by atoms with Crippen LogP contribution in [0.2, 0.25) is 0 Å². The van der Waals surface area contributed by atoms with E-state index in [2.05, 4.69) is 20.6 Å². The first-order chi connectivity index (χ1) is 13.1. The number of hydrogen-bond acceptors (Lipinski definition) is 5. The summed E-state index contributed by atoms with van der Waals surface area (Å²) < 4.78 is 0. The molecule has 0 radical (unpaired) electrons. The molecular weight excluding hydrogens is 360 g/mol. The summed E-state index contributed by atoms with van der Waals surface area (Å²) in [5.74, 6) is -0.376. The van der Waals surface area contributed by atoms with Crippen molar-refractivity contribution in [2.75, 3.05) is 5.32 Å². The fourth-order valence-corrected chi connectivity index (χ4v) is 4.01. The van der Waals surface area contributed by atoms with Gasteiger partial charge in [-0.3, -0.25) is 9.59 Å². The first-order valence-electron chi connectivity index (χ1n) is 8.37. The predicted octanol–water partition coefficient (Wildman–Crippen LogP) is 3.43. The number of aromatic nitrogens is 2. The topological polar surface area (TPSA) is 84.0 Å². The predicted molar refractivity (Wildman–Crippen MR) is 103 cm³/mol. The molecule has 27 heavy (non-hydrogen) atoms. The molecule has 0 atom stereocenters. The average molecular weight is 376 g/mol. The number of nitrogens with one attached hydrogen (secondary N) is 2. The van der Waals surface area contributed by atoms with Gasteiger partial charge in [0.25, 0.3) is 11.8 Å². The molecule has 2 amide bonds. The molecule has 134 valence electrons. The molecule has 2 heterocycles. The van der Waals surface area contributed by atoms with Crippen molar-refractivity contribution in [3.05, 3.63) is 77.4 Å². The summed E-state index contributed by atoms with van der Waals surface area (Å²) in [4.78, 5) is 34.9. The van der Waals surface area contributed by atoms with Gasteiger partial charge in [0.1, 0.15) is 6.33 Å². The molecule has 0 spiro atoms. The fourth-order valence-electron chi connectivity index (χ4n) is 2.91. The smallest absolute Gasteiger partial charge is 0.256 e. The highest BCUT2D eigenvalue weighted by Crippen LogP contribution is 2.41. The van der Waals surface area contributed by atoms with E-state index in [9.17, 15) is 9.59 Å². The lowest BCUT2D eigenvalue weighted by Gasteiger charge is -2.14. The lowest BCUT2D eigenvalue weighted by molar-refractivity contribution is 0.0948. The van der Waals surface area contributed by atoms with Crippen molar-refractivity contribution in [2.24, 2.45) is 0 Å². The number of rotatable bonds is 3. The molecule has 0 fully saturated rings. The molecule has 0 bridgehead atoms. The zero-order chi connectivity index (χ0) is 18.8. The zero-order valence-electron chi connectivity index (χ0n) is 14.5. The van der Waals surface area contributed by atoms with Crippen molar-refractivity contribution in [3.63, 3.8) is 0 Å². The van der Waals surface area contributed by atoms with Crippen LogP contribution in [0.15, 0.2) is 64.9 Å². The quantitative estimate of drug-likeness (QED) is 0.732. The summed E-state index contributed by atoms with van der Waals surface area (Å²) in [6, 6.07) is 11.1. The summed E-state index contributed by atoms with van der Waals surface area (Å²) in [6.45, 7) is 2.18. The van der Waals surface area contributed by atoms with Gasteiger partial charge in [0, 0.05) is 39.9 Å². The van der Waals surface area contributed by atoms with Gasteiger partial charge in [0.15, 0.2) is 0 Å². The van der Waals surface area contributed by atoms with Crippen molar-refractivity contribution >= 4 is 29.3 Å². The molecule has 7 heteroatoms. The second-order valence-corrected chi connectivity index (χ2v) is 7.18. The molecule has 0 saturated carbocycles. The Hall–Kier alpha value is -3.19. The average Bonchev–Trinajstić information content (AvgIpc) is 2.84. The van der Waals surface area contributed by atoms with Crippen LogP contribution in [0.25, 0.3) is 0 Å². The number of anilines is 1. The molecule has 2 N–H and O–H groups in total. The van der Waals surface area contributed by atoms with Crippen LogP contribution in [0, 0.1) is 6.92 Å². The summed E-state index contributed by atoms with van der Waals surface area (Å²) >= 11 is 1.52. The number of fused-ring (bicyclic) bond motifs is 2. The van der Waals surface area contributed by atoms with Crippen LogP contribution in [0.5, 0.6) is 0 Å². The van der Waals surface area contributed by atoms with Crippen molar-refractivity contribution in [1.29, 1.82) is 0 Å². The molecule has 1 aromatic heterocycles. The van der Waals surface area contributed by atoms with Crippen molar-refractivity contribution < 1.29 is 9.59 Å². The summed E-state index contributed by atoms with van der Waals surface area (Å²) in [6.07, 6.45) is 4.76. The summed E-state index contributed by atoms with van der Waals surface area (Å²) in [5.41, 5.74) is 3.39. The van der Waals surface area contributed by atoms with E-state index in [1.807, 2.05) is 31.2 Å². The maximum absolute atomic E-state index is 12.6. The van der Waals surface area contributed by atoms with Crippen LogP contribution in [-0.2, 0) is 6.54 Å². The Kier molecular flexibility index (Phi) is 4.60. The number of carbonyl (C=O) groups is 2. The monoisotopic (exact) mass is 376 g/mol. The SMILES string of the molecule is Cc1c(C(=O)NCc2cncnc2)ccc2c1NC(=O)c1ccccc1S2. The summed E-state index contributed by atoms with van der Waals surface area (Å²) in [7, 11) is 0. The van der Waals surface area contributed by atoms with E-state index in [-0.39, 0.29) is 11.8 Å². The van der Waals surface area contributed by atoms with Crippen molar-refractivity contribution in [1.82, 2.24) is 15.3 Å². The minimum atomic E-state index is -0.208. The Labute approximate surface area is 160 Å². The van der Waals surface area contributed by atoms with Gasteiger partial charge in [-0.1, -0.05) is 23.9 Å². The van der Waals surface area contributed by atoms with Gasteiger partial charge in [0.05, 0.1) is 11.3 Å². The molecule has 6 nitrogen and oxygen atoms in total. The normalized spacial score (nSPS) is 12.4. The van der Waals surface area contributed by atoms with Gasteiger partial charge in [0.2, 0.25) is 0 Å². The Bertz CT molecular complexity index is 1040. The first-order valence-corrected chi connectivity index (χ1v) is 9.19. The highest BCUT2D eigenvalue weighted by Gasteiger charge is 2.23. The highest BCUT2D eigenvalue weighted by atomic mass is 32.2. The van der Waals surface area contributed by atoms with E-state index in [0.29, 0.717) is 23.4 Å². The van der Waals surface area contributed by atoms with Crippen LogP contribution >= 0.6 is 11.8 Å². The number of amides is 2. The van der Waals surface area contributed by atoms with Gasteiger partial charge in [-0.2, -0.15) is 0 Å². The van der Waals surface area contributed by atoms with Gasteiger partial charge < -0.3 is 10.6 Å². The molecule has 3 aromatic rings. The number of nitrogens with zero attached hydrogens (tertiary/aromatic N) is 2. The van der Waals surface area contributed by atoms with E-state index in [4.69, 9.17) is 0 Å². The minimum Gasteiger partial charge on any atom is -0.348 e. The maximum Gasteiger partial charge on any atom is 0.256 e. The third kappa shape index (κ3) is 3.41. The van der Waals surface area contributed by atoms with Gasteiger partial charge >= 0.3 is 0 Å². The summed E-state index contributed by atoms with van der Waals surface area (Å²) in [5, 5.41) is 5.82. The van der Waals surface area contributed by atoms with E-state index in [1.54, 1.807) is 24.5 Å². The van der Waals surface area contributed by atoms with Crippen molar-refractivity contribution in [3.8, 4) is 0 Å². The molecule has 0 saturated heterocycles. The van der Waals surface area contributed by atoms with Crippen LogP contribution in [0.1, 0.15) is 31.8 Å². The zero-order valence-corrected chi connectivity index (χ0v) is 15.3. The van der Waals surface area contributed by atoms with Crippen LogP contribution in [0.4, 0.5) is 5.69 Å². The molecule has 1 aliphatic rings. The standard InChI is InChI=1S/C20H16N4O2S/c1-12-14(19(25)23-10-13-8-21-11-22-9-13)6-7-17-18(12)24-20(26)15-4-2-3-5-16(15)27-17/h2-9,11H,10H2,1H3,(H,23,25)(H,24,26). The second kappa shape index (κ2) is 7.20. The fraction of sp³-hybridized carbons (Fsp3) is 0.100. The maximum atomic E-state index is 12.6. The first kappa shape index (κ1) is 17.2. The third-order valence-corrected chi connectivity index (χ3v) is 5.46. The van der Waals surface area contributed by atoms with Crippen LogP contribution in [-0.4, -0.2) is 21.8 Å². The van der Waals surface area contributed by atoms with Crippen LogP contribution < -0.4 is 10.6 Å². The molecule has 2 aromatic carbocycles. The van der Waals surface area contributed by atoms with Crippen molar-refractivity contribution in [2.45, 2.75) is 23.3 Å². The van der Waals surface area contributed by atoms with E-state index in [1.165, 1.54) is 18.1 Å². The number of hydrogen-bond donors (Lipinski definition) is 2. The van der Waals surface area contributed by atoms with E-state index in [0.717, 1.165) is 20.9 Å². The number of carbonyl (C=O) groups excluding carboxylic acids is 2. The Balaban J connectivity index is 1.61. The number of benzene rings is 2. The van der Waals surface area contributed by atoms with E-state index < -0.39 is 0 Å². The molecular formula is C20H16N4O2S. The highest BCUT2D eigenvalue weighted by molar-refractivity contribution is 7.99. The molecule has 4 rings (SSSR count). The van der Waals surface area contributed by atoms with E-state index >= 15 is 0 Å². The van der Waals surface area contributed by atoms with Gasteiger partial charge in [-0.25, -0.2) is 9.97 Å². The third-order valence-electron chi connectivity index (χ3n) is 4.33. The van der Waals surface area contributed by atoms with Gasteiger partial charge in [-0.15, -0.1) is 0 Å². The van der Waals surface area contributed by atoms with Gasteiger partial charge in [-0.05, 0) is 36.8 Å². The Morgan fingerprint density at radius 3 is 2.70 bits per heavy atom. The molecule has 0 unspecified atom stereocenters. The lowest BCUT2D eigenvalue weighted by atomic mass is 10.1. The minimum absolute atomic E-state index is 0.168. The largest absolute Gasteiger partial charge is 0.348 e. The second-order valence-electron chi connectivity index (χ2n) is 6.09. The molecule has 0 aliphatic carbocycles. The Morgan fingerprint density at radius 2 is 1.89 bits per heavy atom. The molecule has 1 aliphatic heterocycles. The lowest BCUT2D eigenvalue weighted by Crippen LogP contribution is -2.24. The van der Waals surface area contributed by atoms with Crippen LogP contribution in [0.3, 0.4) is 0 Å². The Morgan fingerprint density at radius 1 is 1.11 bits per heavy atom.